The number of piperazine rings is 1. The number of imidazole rings is 1. The number of hydrogen-bond donors (Lipinski definition) is 2. The number of nitrogens with zero attached hydrogens (tertiary/aromatic N) is 7. The lowest BCUT2D eigenvalue weighted by Crippen LogP contribution is -2.44. The molecule has 0 aromatic carbocycles. The van der Waals surface area contributed by atoms with Crippen molar-refractivity contribution in [1.29, 1.82) is 0 Å². The Hall–Kier alpha value is -3.20. The van der Waals surface area contributed by atoms with Crippen LogP contribution in [0.25, 0.3) is 6.08 Å². The van der Waals surface area contributed by atoms with Crippen molar-refractivity contribution in [2.45, 2.75) is 26.3 Å². The molecule has 0 radical (unpaired) electrons. The van der Waals surface area contributed by atoms with Crippen molar-refractivity contribution in [1.82, 2.24) is 34.6 Å². The van der Waals surface area contributed by atoms with Crippen LogP contribution < -0.4 is 10.2 Å². The Morgan fingerprint density at radius 1 is 1.20 bits per heavy atom. The molecule has 0 saturated carbocycles. The Bertz CT molecular complexity index is 982. The minimum absolute atomic E-state index is 0.784. The van der Waals surface area contributed by atoms with Gasteiger partial charge in [0.2, 0.25) is 0 Å². The summed E-state index contributed by atoms with van der Waals surface area (Å²) < 4.78 is 2.10. The molecule has 1 saturated heterocycles. The summed E-state index contributed by atoms with van der Waals surface area (Å²) in [6, 6.07) is 3.99. The summed E-state index contributed by atoms with van der Waals surface area (Å²) in [7, 11) is 2.16. The fraction of sp³-hybridized carbons (Fsp3) is 0.429. The van der Waals surface area contributed by atoms with Crippen LogP contribution in [0.3, 0.4) is 0 Å². The summed E-state index contributed by atoms with van der Waals surface area (Å²) in [6.45, 7) is 10.6. The van der Waals surface area contributed by atoms with E-state index in [0.717, 1.165) is 80.4 Å². The molecule has 2 N–H and O–H groups in total. The van der Waals surface area contributed by atoms with Crippen molar-refractivity contribution in [3.05, 3.63) is 48.4 Å². The third-order valence-corrected chi connectivity index (χ3v) is 5.28. The number of likely N-dealkylation sites (N-methyl/N-ethyl adjacent to an activating group) is 1. The Morgan fingerprint density at radius 3 is 2.77 bits per heavy atom. The highest BCUT2D eigenvalue weighted by Crippen LogP contribution is 2.21. The van der Waals surface area contributed by atoms with Crippen LogP contribution in [0.1, 0.15) is 23.8 Å². The highest BCUT2D eigenvalue weighted by molar-refractivity contribution is 5.57. The summed E-state index contributed by atoms with van der Waals surface area (Å²) in [5, 5.41) is 10.5. The van der Waals surface area contributed by atoms with E-state index in [9.17, 15) is 0 Å². The number of H-pyrrole nitrogens is 1. The minimum Gasteiger partial charge on any atom is -0.354 e. The lowest BCUT2D eigenvalue weighted by atomic mass is 10.2. The Kier molecular flexibility index (Phi) is 6.08. The SMILES string of the molecule is C=Cc1nccn1CCCc1nc(Nc2cc(C)n[nH]2)cc(N2CCN(C)CC2)n1. The molecule has 9 heteroatoms. The predicted molar refractivity (Wildman–Crippen MR) is 119 cm³/mol. The molecule has 0 spiro atoms. The second-order valence-electron chi connectivity index (χ2n) is 7.65. The second kappa shape index (κ2) is 9.08. The van der Waals surface area contributed by atoms with Gasteiger partial charge in [0.15, 0.2) is 0 Å². The van der Waals surface area contributed by atoms with Gasteiger partial charge in [-0.05, 0) is 26.5 Å². The fourth-order valence-corrected chi connectivity index (χ4v) is 3.59. The zero-order chi connectivity index (χ0) is 20.9. The van der Waals surface area contributed by atoms with Crippen molar-refractivity contribution >= 4 is 23.5 Å². The minimum atomic E-state index is 0.784. The molecule has 0 bridgehead atoms. The number of hydrogen-bond acceptors (Lipinski definition) is 7. The maximum absolute atomic E-state index is 4.88. The Morgan fingerprint density at radius 2 is 2.03 bits per heavy atom. The number of nitrogens with one attached hydrogen (secondary N) is 2. The van der Waals surface area contributed by atoms with Crippen molar-refractivity contribution in [2.75, 3.05) is 43.4 Å². The van der Waals surface area contributed by atoms with Crippen molar-refractivity contribution in [2.24, 2.45) is 0 Å². The third kappa shape index (κ3) is 4.85. The standard InChI is InChI=1S/C21H29N9/c1-4-20-22-7-9-29(20)8-5-6-17-23-18(24-19-14-16(2)26-27-19)15-21(25-17)30-12-10-28(3)11-13-30/h4,7,9,14-15H,1,5-6,8,10-13H2,2-3H3,(H2,23,24,25,26,27). The molecule has 4 rings (SSSR count). The van der Waals surface area contributed by atoms with Gasteiger partial charge in [0.25, 0.3) is 0 Å². The van der Waals surface area contributed by atoms with E-state index >= 15 is 0 Å². The first-order valence-electron chi connectivity index (χ1n) is 10.3. The monoisotopic (exact) mass is 407 g/mol. The molecule has 4 heterocycles. The van der Waals surface area contributed by atoms with Crippen LogP contribution in [0, 0.1) is 6.92 Å². The first-order valence-corrected chi connectivity index (χ1v) is 10.3. The molecule has 0 aliphatic carbocycles. The lowest BCUT2D eigenvalue weighted by molar-refractivity contribution is 0.312. The van der Waals surface area contributed by atoms with Gasteiger partial charge < -0.3 is 19.7 Å². The van der Waals surface area contributed by atoms with E-state index in [1.165, 1.54) is 0 Å². The molecule has 1 aliphatic rings. The summed E-state index contributed by atoms with van der Waals surface area (Å²) in [5.74, 6) is 4.31. The third-order valence-electron chi connectivity index (χ3n) is 5.28. The van der Waals surface area contributed by atoms with E-state index in [0.29, 0.717) is 0 Å². The van der Waals surface area contributed by atoms with Gasteiger partial charge in [-0.1, -0.05) is 6.58 Å². The van der Waals surface area contributed by atoms with E-state index in [1.807, 2.05) is 25.3 Å². The van der Waals surface area contributed by atoms with Crippen LogP contribution >= 0.6 is 0 Å². The smallest absolute Gasteiger partial charge is 0.137 e. The maximum atomic E-state index is 4.88. The van der Waals surface area contributed by atoms with Gasteiger partial charge in [0.1, 0.15) is 29.1 Å². The largest absolute Gasteiger partial charge is 0.354 e. The molecule has 1 fully saturated rings. The van der Waals surface area contributed by atoms with Crippen LogP contribution in [0.4, 0.5) is 17.5 Å². The zero-order valence-electron chi connectivity index (χ0n) is 17.7. The quantitative estimate of drug-likeness (QED) is 0.593. The van der Waals surface area contributed by atoms with Crippen LogP contribution in [-0.4, -0.2) is 67.8 Å². The highest BCUT2D eigenvalue weighted by atomic mass is 15.3. The van der Waals surface area contributed by atoms with E-state index in [2.05, 4.69) is 48.5 Å². The van der Waals surface area contributed by atoms with Gasteiger partial charge in [-0.3, -0.25) is 5.10 Å². The van der Waals surface area contributed by atoms with Crippen molar-refractivity contribution < 1.29 is 0 Å². The maximum Gasteiger partial charge on any atom is 0.137 e. The number of aromatic amines is 1. The van der Waals surface area contributed by atoms with Crippen molar-refractivity contribution in [3.63, 3.8) is 0 Å². The van der Waals surface area contributed by atoms with Crippen LogP contribution in [0.15, 0.2) is 31.1 Å². The highest BCUT2D eigenvalue weighted by Gasteiger charge is 2.17. The Balaban J connectivity index is 1.50. The lowest BCUT2D eigenvalue weighted by Gasteiger charge is -2.33. The predicted octanol–water partition coefficient (Wildman–Crippen LogP) is 2.48. The van der Waals surface area contributed by atoms with E-state index in [4.69, 9.17) is 9.97 Å². The number of aromatic nitrogens is 6. The first kappa shape index (κ1) is 20.1. The average Bonchev–Trinajstić information content (AvgIpc) is 3.36. The Labute approximate surface area is 176 Å². The molecular formula is C21H29N9. The molecule has 30 heavy (non-hydrogen) atoms. The molecule has 0 amide bonds. The van der Waals surface area contributed by atoms with Crippen LogP contribution in [0.2, 0.25) is 0 Å². The summed E-state index contributed by atoms with van der Waals surface area (Å²) >= 11 is 0. The number of rotatable bonds is 8. The average molecular weight is 408 g/mol. The molecule has 3 aromatic heterocycles. The van der Waals surface area contributed by atoms with Crippen LogP contribution in [0.5, 0.6) is 0 Å². The molecular weight excluding hydrogens is 378 g/mol. The molecule has 1 aliphatic heterocycles. The van der Waals surface area contributed by atoms with Gasteiger partial charge in [-0.2, -0.15) is 5.10 Å². The van der Waals surface area contributed by atoms with Gasteiger partial charge in [-0.15, -0.1) is 0 Å². The first-order chi connectivity index (χ1) is 14.6. The molecule has 0 unspecified atom stereocenters. The van der Waals surface area contributed by atoms with Gasteiger partial charge in [0.05, 0.1) is 5.69 Å². The summed E-state index contributed by atoms with van der Waals surface area (Å²) in [4.78, 5) is 18.6. The second-order valence-corrected chi connectivity index (χ2v) is 7.65. The van der Waals surface area contributed by atoms with Crippen molar-refractivity contribution in [3.8, 4) is 0 Å². The summed E-state index contributed by atoms with van der Waals surface area (Å²) in [5.41, 5.74) is 0.935. The fourth-order valence-electron chi connectivity index (χ4n) is 3.59. The van der Waals surface area contributed by atoms with Gasteiger partial charge >= 0.3 is 0 Å². The normalized spacial score (nSPS) is 14.8. The zero-order valence-corrected chi connectivity index (χ0v) is 17.7. The molecule has 3 aromatic rings. The van der Waals surface area contributed by atoms with Crippen LogP contribution in [-0.2, 0) is 13.0 Å². The number of anilines is 3. The van der Waals surface area contributed by atoms with Gasteiger partial charge in [-0.25, -0.2) is 15.0 Å². The van der Waals surface area contributed by atoms with E-state index < -0.39 is 0 Å². The number of aryl methyl sites for hydroxylation is 3. The van der Waals surface area contributed by atoms with E-state index in [1.54, 1.807) is 12.3 Å². The molecule has 158 valence electrons. The molecule has 0 atom stereocenters. The molecule has 9 nitrogen and oxygen atoms in total. The van der Waals surface area contributed by atoms with Gasteiger partial charge in [0, 0.05) is 63.7 Å². The summed E-state index contributed by atoms with van der Waals surface area (Å²) in [6.07, 6.45) is 7.26. The van der Waals surface area contributed by atoms with E-state index in [-0.39, 0.29) is 0 Å². The topological polar surface area (TPSA) is 90.8 Å².